The second-order valence-electron chi connectivity index (χ2n) is 4.83. The Hall–Kier alpha value is -1.22. The van der Waals surface area contributed by atoms with E-state index in [2.05, 4.69) is 23.4 Å². The van der Waals surface area contributed by atoms with Crippen molar-refractivity contribution in [3.05, 3.63) is 24.0 Å². The lowest BCUT2D eigenvalue weighted by atomic mass is 10.2. The van der Waals surface area contributed by atoms with Crippen LogP contribution in [0.4, 0.5) is 0 Å². The summed E-state index contributed by atoms with van der Waals surface area (Å²) in [5.41, 5.74) is 2.14. The summed E-state index contributed by atoms with van der Waals surface area (Å²) in [6, 6.07) is 5.99. The topological polar surface area (TPSA) is 27.1 Å². The normalized spacial score (nSPS) is 11.4. The number of halogens is 1. The van der Waals surface area contributed by atoms with Gasteiger partial charge in [0.05, 0.1) is 18.1 Å². The fraction of sp³-hybridized carbons (Fsp3) is 0.500. The van der Waals surface area contributed by atoms with Gasteiger partial charge in [-0.25, -0.2) is 4.98 Å². The van der Waals surface area contributed by atoms with Gasteiger partial charge < -0.3 is 9.30 Å². The molecule has 1 aromatic carbocycles. The lowest BCUT2D eigenvalue weighted by Gasteiger charge is -2.11. The predicted octanol–water partition coefficient (Wildman–Crippen LogP) is 3.48. The molecule has 98 valence electrons. The number of benzene rings is 1. The van der Waals surface area contributed by atoms with Crippen molar-refractivity contribution in [2.24, 2.45) is 5.92 Å². The van der Waals surface area contributed by atoms with E-state index in [-0.39, 0.29) is 0 Å². The molecule has 4 heteroatoms. The van der Waals surface area contributed by atoms with Crippen molar-refractivity contribution in [1.29, 1.82) is 0 Å². The molecule has 0 radical (unpaired) electrons. The first-order valence-corrected chi connectivity index (χ1v) is 6.78. The molecule has 1 heterocycles. The summed E-state index contributed by atoms with van der Waals surface area (Å²) in [6.07, 6.45) is 0.797. The average molecular weight is 267 g/mol. The van der Waals surface area contributed by atoms with Crippen molar-refractivity contribution < 1.29 is 4.74 Å². The maximum absolute atomic E-state index is 5.85. The highest BCUT2D eigenvalue weighted by molar-refractivity contribution is 6.17. The third kappa shape index (κ3) is 2.61. The van der Waals surface area contributed by atoms with Crippen molar-refractivity contribution in [3.8, 4) is 5.75 Å². The number of nitrogens with zero attached hydrogens (tertiary/aromatic N) is 2. The molecule has 0 saturated carbocycles. The average Bonchev–Trinajstić information content (AvgIpc) is 2.67. The van der Waals surface area contributed by atoms with Crippen LogP contribution in [0.15, 0.2) is 18.2 Å². The third-order valence-electron chi connectivity index (χ3n) is 2.90. The van der Waals surface area contributed by atoms with Crippen LogP contribution in [0.1, 0.15) is 19.7 Å². The highest BCUT2D eigenvalue weighted by Gasteiger charge is 2.12. The molecule has 0 N–H and O–H groups in total. The van der Waals surface area contributed by atoms with Crippen LogP contribution in [0.3, 0.4) is 0 Å². The minimum absolute atomic E-state index is 0.572. The van der Waals surface area contributed by atoms with Crippen molar-refractivity contribution in [1.82, 2.24) is 9.55 Å². The summed E-state index contributed by atoms with van der Waals surface area (Å²) in [6.45, 7) is 5.36. The monoisotopic (exact) mass is 266 g/mol. The Balaban J connectivity index is 2.54. The lowest BCUT2D eigenvalue weighted by molar-refractivity contribution is 0.415. The molecule has 2 rings (SSSR count). The number of rotatable bonds is 5. The first-order valence-electron chi connectivity index (χ1n) is 6.24. The molecule has 3 nitrogen and oxygen atoms in total. The molecule has 0 atom stereocenters. The number of hydrogen-bond donors (Lipinski definition) is 0. The largest absolute Gasteiger partial charge is 0.497 e. The van der Waals surface area contributed by atoms with E-state index in [9.17, 15) is 0 Å². The SMILES string of the molecule is COc1ccc2nc(CCCl)n(CC(C)C)c2c1. The van der Waals surface area contributed by atoms with Crippen LogP contribution in [0.2, 0.25) is 0 Å². The first-order chi connectivity index (χ1) is 8.65. The second kappa shape index (κ2) is 5.61. The van der Waals surface area contributed by atoms with Gasteiger partial charge in [-0.05, 0) is 18.1 Å². The van der Waals surface area contributed by atoms with Gasteiger partial charge in [-0.15, -0.1) is 11.6 Å². The molecule has 18 heavy (non-hydrogen) atoms. The Morgan fingerprint density at radius 2 is 2.17 bits per heavy atom. The molecule has 0 spiro atoms. The van der Waals surface area contributed by atoms with Crippen LogP contribution in [-0.2, 0) is 13.0 Å². The Labute approximate surface area is 113 Å². The van der Waals surface area contributed by atoms with E-state index in [0.29, 0.717) is 11.8 Å². The molecule has 0 fully saturated rings. The first kappa shape index (κ1) is 13.2. The van der Waals surface area contributed by atoms with Crippen LogP contribution >= 0.6 is 11.6 Å². The zero-order valence-corrected chi connectivity index (χ0v) is 11.9. The zero-order valence-electron chi connectivity index (χ0n) is 11.1. The smallest absolute Gasteiger partial charge is 0.121 e. The Kier molecular flexibility index (Phi) is 4.12. The fourth-order valence-corrected chi connectivity index (χ4v) is 2.29. The van der Waals surface area contributed by atoms with Crippen molar-refractivity contribution in [2.45, 2.75) is 26.8 Å². The standard InChI is InChI=1S/C14H19ClN2O/c1-10(2)9-17-13-8-11(18-3)4-5-12(13)16-14(17)6-7-15/h4-5,8,10H,6-7,9H2,1-3H3. The molecule has 0 saturated heterocycles. The van der Waals surface area contributed by atoms with E-state index >= 15 is 0 Å². The van der Waals surface area contributed by atoms with Crippen molar-refractivity contribution in [3.63, 3.8) is 0 Å². The summed E-state index contributed by atoms with van der Waals surface area (Å²) >= 11 is 5.85. The molecule has 0 aliphatic heterocycles. The fourth-order valence-electron chi connectivity index (χ4n) is 2.12. The van der Waals surface area contributed by atoms with Crippen LogP contribution in [0.5, 0.6) is 5.75 Å². The Bertz CT molecular complexity index is 534. The van der Waals surface area contributed by atoms with E-state index in [4.69, 9.17) is 16.3 Å². The number of imidazole rings is 1. The lowest BCUT2D eigenvalue weighted by Crippen LogP contribution is -2.09. The van der Waals surface area contributed by atoms with E-state index in [1.54, 1.807) is 7.11 Å². The molecule has 0 aliphatic carbocycles. The van der Waals surface area contributed by atoms with Crippen molar-refractivity contribution >= 4 is 22.6 Å². The summed E-state index contributed by atoms with van der Waals surface area (Å²) < 4.78 is 7.54. The van der Waals surface area contributed by atoms with Gasteiger partial charge >= 0.3 is 0 Å². The van der Waals surface area contributed by atoms with Crippen molar-refractivity contribution in [2.75, 3.05) is 13.0 Å². The molecular weight excluding hydrogens is 248 g/mol. The zero-order chi connectivity index (χ0) is 13.1. The highest BCUT2D eigenvalue weighted by atomic mass is 35.5. The molecule has 0 aliphatic rings. The maximum Gasteiger partial charge on any atom is 0.121 e. The molecule has 2 aromatic rings. The number of aryl methyl sites for hydroxylation is 1. The summed E-state index contributed by atoms with van der Waals surface area (Å²) in [5.74, 6) is 3.09. The van der Waals surface area contributed by atoms with E-state index in [1.165, 1.54) is 0 Å². The van der Waals surface area contributed by atoms with Crippen LogP contribution in [-0.4, -0.2) is 22.5 Å². The number of hydrogen-bond acceptors (Lipinski definition) is 2. The van der Waals surface area contributed by atoms with Gasteiger partial charge in [0.1, 0.15) is 11.6 Å². The van der Waals surface area contributed by atoms with Crippen LogP contribution in [0, 0.1) is 5.92 Å². The van der Waals surface area contributed by atoms with Gasteiger partial charge in [0.15, 0.2) is 0 Å². The van der Waals surface area contributed by atoms with Gasteiger partial charge in [-0.1, -0.05) is 13.8 Å². The van der Waals surface area contributed by atoms with Gasteiger partial charge in [0.25, 0.3) is 0 Å². The van der Waals surface area contributed by atoms with Gasteiger partial charge in [0.2, 0.25) is 0 Å². The predicted molar refractivity (Wildman–Crippen MR) is 75.5 cm³/mol. The van der Waals surface area contributed by atoms with Gasteiger partial charge in [0, 0.05) is 24.9 Å². The minimum atomic E-state index is 0.572. The second-order valence-corrected chi connectivity index (χ2v) is 5.20. The Morgan fingerprint density at radius 1 is 1.39 bits per heavy atom. The third-order valence-corrected chi connectivity index (χ3v) is 3.09. The molecule has 1 aromatic heterocycles. The van der Waals surface area contributed by atoms with Gasteiger partial charge in [-0.3, -0.25) is 0 Å². The van der Waals surface area contributed by atoms with Crippen LogP contribution < -0.4 is 4.74 Å². The highest BCUT2D eigenvalue weighted by Crippen LogP contribution is 2.23. The number of aromatic nitrogens is 2. The molecular formula is C14H19ClN2O. The van der Waals surface area contributed by atoms with Crippen LogP contribution in [0.25, 0.3) is 11.0 Å². The summed E-state index contributed by atoms with van der Waals surface area (Å²) in [7, 11) is 1.68. The van der Waals surface area contributed by atoms with E-state index in [1.807, 2.05) is 18.2 Å². The number of alkyl halides is 1. The minimum Gasteiger partial charge on any atom is -0.497 e. The molecule has 0 amide bonds. The van der Waals surface area contributed by atoms with E-state index < -0.39 is 0 Å². The summed E-state index contributed by atoms with van der Waals surface area (Å²) in [4.78, 5) is 4.65. The summed E-state index contributed by atoms with van der Waals surface area (Å²) in [5, 5.41) is 0. The molecule has 0 unspecified atom stereocenters. The number of fused-ring (bicyclic) bond motifs is 1. The molecule has 0 bridgehead atoms. The quantitative estimate of drug-likeness (QED) is 0.775. The Morgan fingerprint density at radius 3 is 2.78 bits per heavy atom. The number of ether oxygens (including phenoxy) is 1. The van der Waals surface area contributed by atoms with Gasteiger partial charge in [-0.2, -0.15) is 0 Å². The van der Waals surface area contributed by atoms with E-state index in [0.717, 1.165) is 35.6 Å². The number of methoxy groups -OCH3 is 1. The maximum atomic E-state index is 5.85.